The van der Waals surface area contributed by atoms with E-state index in [0.717, 1.165) is 0 Å². The Morgan fingerprint density at radius 1 is 0.786 bits per heavy atom. The summed E-state index contributed by atoms with van der Waals surface area (Å²) in [5, 5.41) is 19.2. The number of carboxylic acid groups (broad SMARTS) is 2. The summed E-state index contributed by atoms with van der Waals surface area (Å²) in [7, 11) is 0. The molecule has 0 spiro atoms. The molecule has 146 valence electrons. The highest BCUT2D eigenvalue weighted by molar-refractivity contribution is 6.06. The lowest BCUT2D eigenvalue weighted by Gasteiger charge is -2.42. The summed E-state index contributed by atoms with van der Waals surface area (Å²) < 4.78 is 10.6. The minimum atomic E-state index is -1.42. The molecule has 1 aromatic rings. The monoisotopic (exact) mass is 386 g/mol. The Hall–Kier alpha value is -3.42. The van der Waals surface area contributed by atoms with Crippen LogP contribution in [0.5, 0.6) is 0 Å². The maximum Gasteiger partial charge on any atom is 0.337 e. The number of ether oxygens (including phenoxy) is 2. The summed E-state index contributed by atoms with van der Waals surface area (Å²) in [5.41, 5.74) is 1.07. The number of hydrogen-bond acceptors (Lipinski definition) is 6. The number of aromatic carboxylic acids is 2. The first-order chi connectivity index (χ1) is 13.0. The van der Waals surface area contributed by atoms with Crippen molar-refractivity contribution in [2.75, 3.05) is 0 Å². The van der Waals surface area contributed by atoms with Gasteiger partial charge in [-0.2, -0.15) is 0 Å². The molecule has 3 rings (SSSR count). The third-order valence-electron chi connectivity index (χ3n) is 4.84. The molecular weight excluding hydrogens is 368 g/mol. The van der Waals surface area contributed by atoms with E-state index in [-0.39, 0.29) is 35.1 Å². The second kappa shape index (κ2) is 6.63. The van der Waals surface area contributed by atoms with Crippen LogP contribution in [0.1, 0.15) is 69.0 Å². The van der Waals surface area contributed by atoms with Crippen molar-refractivity contribution in [2.24, 2.45) is 0 Å². The van der Waals surface area contributed by atoms with Crippen LogP contribution in [0.25, 0.3) is 0 Å². The standard InChI is InChI=1S/C20H18O8/c1-7(2)19(25)27-11-6-10-13(11)9-5-12(28-20(26)8(3)4)14(9)16(18(23)24)15(10)17(21)22/h11-12H,1,3,5-6H2,2,4H3,(H,21,22)(H,23,24). The lowest BCUT2D eigenvalue weighted by Crippen LogP contribution is -2.37. The summed E-state index contributed by atoms with van der Waals surface area (Å²) in [6.07, 6.45) is -1.28. The molecule has 8 nitrogen and oxygen atoms in total. The van der Waals surface area contributed by atoms with Gasteiger partial charge in [0.25, 0.3) is 0 Å². The Morgan fingerprint density at radius 2 is 1.21 bits per heavy atom. The van der Waals surface area contributed by atoms with Gasteiger partial charge in [-0.05, 0) is 25.0 Å². The molecule has 2 atom stereocenters. The molecule has 0 radical (unpaired) electrons. The maximum atomic E-state index is 11.8. The van der Waals surface area contributed by atoms with Crippen molar-refractivity contribution >= 4 is 23.9 Å². The molecule has 0 amide bonds. The van der Waals surface area contributed by atoms with E-state index < -0.39 is 41.6 Å². The molecule has 28 heavy (non-hydrogen) atoms. The van der Waals surface area contributed by atoms with Gasteiger partial charge in [-0.25, -0.2) is 19.2 Å². The SMILES string of the molecule is C=C(C)C(=O)OC1Cc2c(C(=O)O)c(C(=O)O)c3c(c21)CC3OC(=O)C(=C)C. The Morgan fingerprint density at radius 3 is 1.64 bits per heavy atom. The van der Waals surface area contributed by atoms with Gasteiger partial charge in [0.15, 0.2) is 0 Å². The summed E-state index contributed by atoms with van der Waals surface area (Å²) in [5.74, 6) is -4.14. The summed E-state index contributed by atoms with van der Waals surface area (Å²) >= 11 is 0. The number of carbonyl (C=O) groups excluding carboxylic acids is 2. The van der Waals surface area contributed by atoms with E-state index in [1.807, 2.05) is 0 Å². The fourth-order valence-corrected chi connectivity index (χ4v) is 3.51. The van der Waals surface area contributed by atoms with Gasteiger partial charge in [-0.15, -0.1) is 0 Å². The van der Waals surface area contributed by atoms with E-state index in [9.17, 15) is 29.4 Å². The molecule has 0 aromatic heterocycles. The lowest BCUT2D eigenvalue weighted by atomic mass is 9.67. The minimum Gasteiger partial charge on any atom is -0.478 e. The Balaban J connectivity index is 2.10. The predicted octanol–water partition coefficient (Wildman–Crippen LogP) is 2.52. The van der Waals surface area contributed by atoms with Gasteiger partial charge in [0.05, 0.1) is 11.1 Å². The lowest BCUT2D eigenvalue weighted by molar-refractivity contribution is -0.146. The zero-order valence-electron chi connectivity index (χ0n) is 15.3. The fraction of sp³-hybridized carbons (Fsp3) is 0.300. The van der Waals surface area contributed by atoms with Crippen molar-refractivity contribution in [1.82, 2.24) is 0 Å². The molecule has 2 aliphatic rings. The van der Waals surface area contributed by atoms with Crippen molar-refractivity contribution in [3.05, 3.63) is 57.7 Å². The first-order valence-electron chi connectivity index (χ1n) is 8.45. The van der Waals surface area contributed by atoms with Crippen LogP contribution in [0.2, 0.25) is 0 Å². The molecule has 0 heterocycles. The van der Waals surface area contributed by atoms with E-state index in [2.05, 4.69) is 13.2 Å². The van der Waals surface area contributed by atoms with E-state index in [0.29, 0.717) is 16.7 Å². The molecule has 2 aliphatic carbocycles. The Kier molecular flexibility index (Phi) is 4.58. The first-order valence-corrected chi connectivity index (χ1v) is 8.45. The van der Waals surface area contributed by atoms with Gasteiger partial charge in [-0.1, -0.05) is 13.2 Å². The van der Waals surface area contributed by atoms with Gasteiger partial charge in [0.1, 0.15) is 12.2 Å². The highest BCUT2D eigenvalue weighted by Crippen LogP contribution is 2.52. The van der Waals surface area contributed by atoms with Gasteiger partial charge in [0.2, 0.25) is 0 Å². The van der Waals surface area contributed by atoms with E-state index >= 15 is 0 Å². The van der Waals surface area contributed by atoms with Crippen LogP contribution < -0.4 is 0 Å². The van der Waals surface area contributed by atoms with Crippen molar-refractivity contribution in [1.29, 1.82) is 0 Å². The number of carbonyl (C=O) groups is 4. The average Bonchev–Trinajstić information content (AvgIpc) is 2.56. The van der Waals surface area contributed by atoms with Crippen LogP contribution in [-0.2, 0) is 31.9 Å². The van der Waals surface area contributed by atoms with Crippen molar-refractivity contribution in [3.63, 3.8) is 0 Å². The summed E-state index contributed by atoms with van der Waals surface area (Å²) in [6.45, 7) is 9.93. The van der Waals surface area contributed by atoms with Gasteiger partial charge >= 0.3 is 23.9 Å². The topological polar surface area (TPSA) is 127 Å². The second-order valence-corrected chi connectivity index (χ2v) is 6.90. The quantitative estimate of drug-likeness (QED) is 0.564. The van der Waals surface area contributed by atoms with Crippen molar-refractivity contribution in [3.8, 4) is 0 Å². The third kappa shape index (κ3) is 2.87. The molecule has 0 saturated carbocycles. The van der Waals surface area contributed by atoms with Gasteiger partial charge < -0.3 is 19.7 Å². The maximum absolute atomic E-state index is 11.8. The number of carboxylic acids is 2. The summed E-state index contributed by atoms with van der Waals surface area (Å²) in [4.78, 5) is 47.3. The number of hydrogen-bond donors (Lipinski definition) is 2. The number of benzene rings is 1. The highest BCUT2D eigenvalue weighted by Gasteiger charge is 2.47. The molecule has 8 heteroatoms. The largest absolute Gasteiger partial charge is 0.478 e. The van der Waals surface area contributed by atoms with Gasteiger partial charge in [0, 0.05) is 35.1 Å². The van der Waals surface area contributed by atoms with Crippen molar-refractivity contribution < 1.29 is 38.9 Å². The highest BCUT2D eigenvalue weighted by atomic mass is 16.5. The second-order valence-electron chi connectivity index (χ2n) is 6.90. The van der Waals surface area contributed by atoms with Crippen LogP contribution in [-0.4, -0.2) is 34.1 Å². The fourth-order valence-electron chi connectivity index (χ4n) is 3.51. The van der Waals surface area contributed by atoms with Crippen molar-refractivity contribution in [2.45, 2.75) is 38.9 Å². The molecule has 0 bridgehead atoms. The molecule has 0 saturated heterocycles. The smallest absolute Gasteiger partial charge is 0.337 e. The normalized spacial score (nSPS) is 18.5. The number of esters is 2. The van der Waals surface area contributed by atoms with Crippen LogP contribution in [0.15, 0.2) is 24.3 Å². The molecule has 2 N–H and O–H groups in total. The predicted molar refractivity (Wildman–Crippen MR) is 95.1 cm³/mol. The zero-order chi connectivity index (χ0) is 20.9. The summed E-state index contributed by atoms with van der Waals surface area (Å²) in [6, 6.07) is 0. The molecule has 2 unspecified atom stereocenters. The van der Waals surface area contributed by atoms with E-state index in [4.69, 9.17) is 9.47 Å². The molecule has 0 fully saturated rings. The number of rotatable bonds is 6. The zero-order valence-corrected chi connectivity index (χ0v) is 15.3. The van der Waals surface area contributed by atoms with Crippen LogP contribution in [0.4, 0.5) is 0 Å². The average molecular weight is 386 g/mol. The Bertz CT molecular complexity index is 985. The minimum absolute atomic E-state index is 0.0970. The van der Waals surface area contributed by atoms with Crippen LogP contribution in [0.3, 0.4) is 0 Å². The molecular formula is C20H18O8. The van der Waals surface area contributed by atoms with E-state index in [1.165, 1.54) is 13.8 Å². The van der Waals surface area contributed by atoms with Gasteiger partial charge in [-0.3, -0.25) is 0 Å². The number of fused-ring (bicyclic) bond motifs is 3. The van der Waals surface area contributed by atoms with E-state index in [1.54, 1.807) is 0 Å². The third-order valence-corrected chi connectivity index (χ3v) is 4.84. The molecule has 1 aromatic carbocycles. The van der Waals surface area contributed by atoms with Crippen LogP contribution >= 0.6 is 0 Å². The van der Waals surface area contributed by atoms with Crippen LogP contribution in [0, 0.1) is 0 Å². The Labute approximate surface area is 160 Å². The first kappa shape index (κ1) is 19.3. The molecule has 0 aliphatic heterocycles.